The molecule has 1 aromatic heterocycles. The minimum absolute atomic E-state index is 0.107. The van der Waals surface area contributed by atoms with Gasteiger partial charge in [0.1, 0.15) is 17.6 Å². The molecule has 0 radical (unpaired) electrons. The van der Waals surface area contributed by atoms with Gasteiger partial charge in [0.15, 0.2) is 0 Å². The number of aryl methyl sites for hydroxylation is 2. The summed E-state index contributed by atoms with van der Waals surface area (Å²) in [4.78, 5) is 6.99. The molecule has 9 nitrogen and oxygen atoms in total. The fourth-order valence-corrected chi connectivity index (χ4v) is 4.97. The maximum Gasteiger partial charge on any atom is 0.238 e. The largest absolute Gasteiger partial charge is 0.438 e. The van der Waals surface area contributed by atoms with E-state index in [4.69, 9.17) is 9.88 Å². The van der Waals surface area contributed by atoms with E-state index in [1.54, 1.807) is 36.4 Å². The highest BCUT2D eigenvalue weighted by Gasteiger charge is 2.21. The first-order valence-electron chi connectivity index (χ1n) is 11.9. The molecule has 2 aromatic carbocycles. The van der Waals surface area contributed by atoms with Crippen molar-refractivity contribution in [2.75, 3.05) is 18.4 Å². The van der Waals surface area contributed by atoms with Crippen LogP contribution in [-0.4, -0.2) is 37.4 Å². The third-order valence-electron chi connectivity index (χ3n) is 6.37. The van der Waals surface area contributed by atoms with Crippen molar-refractivity contribution in [3.05, 3.63) is 76.3 Å². The summed E-state index contributed by atoms with van der Waals surface area (Å²) in [6, 6.07) is 18.0. The second-order valence-corrected chi connectivity index (χ2v) is 10.8. The van der Waals surface area contributed by atoms with Crippen LogP contribution in [0.3, 0.4) is 0 Å². The molecular weight excluding hydrogens is 488 g/mol. The van der Waals surface area contributed by atoms with Gasteiger partial charge in [0, 0.05) is 31.7 Å². The van der Waals surface area contributed by atoms with Gasteiger partial charge in [-0.15, -0.1) is 0 Å². The number of nitriles is 2. The van der Waals surface area contributed by atoms with Crippen LogP contribution in [0.4, 0.5) is 5.82 Å². The Morgan fingerprint density at radius 3 is 2.27 bits per heavy atom. The van der Waals surface area contributed by atoms with Crippen LogP contribution >= 0.6 is 0 Å². The lowest BCUT2D eigenvalue weighted by atomic mass is 10.0. The molecule has 0 saturated carbocycles. The van der Waals surface area contributed by atoms with Crippen LogP contribution in [0.25, 0.3) is 0 Å². The smallest absolute Gasteiger partial charge is 0.238 e. The molecule has 0 amide bonds. The van der Waals surface area contributed by atoms with Crippen LogP contribution in [0.1, 0.15) is 40.7 Å². The SMILES string of the molecule is Cc1cc(C#N)cc(C)c1Oc1ccc(C#N)c(NC2CCN(Cc3ccc(S(N)(=O)=O)cc3)CC2)n1. The second kappa shape index (κ2) is 11.0. The number of nitrogens with two attached hydrogens (primary N) is 1. The van der Waals surface area contributed by atoms with Crippen LogP contribution in [0.2, 0.25) is 0 Å². The average molecular weight is 517 g/mol. The summed E-state index contributed by atoms with van der Waals surface area (Å²) in [5.41, 5.74) is 3.71. The predicted octanol–water partition coefficient (Wildman–Crippen LogP) is 3.96. The van der Waals surface area contributed by atoms with E-state index in [9.17, 15) is 18.9 Å². The van der Waals surface area contributed by atoms with Crippen LogP contribution in [0.15, 0.2) is 53.4 Å². The molecule has 1 aliphatic heterocycles. The van der Waals surface area contributed by atoms with Crippen molar-refractivity contribution >= 4 is 15.8 Å². The van der Waals surface area contributed by atoms with Gasteiger partial charge in [0.05, 0.1) is 22.1 Å². The van der Waals surface area contributed by atoms with E-state index < -0.39 is 10.0 Å². The Labute approximate surface area is 217 Å². The van der Waals surface area contributed by atoms with Gasteiger partial charge in [-0.1, -0.05) is 12.1 Å². The van der Waals surface area contributed by atoms with Crippen LogP contribution in [-0.2, 0) is 16.6 Å². The van der Waals surface area contributed by atoms with Crippen molar-refractivity contribution in [1.82, 2.24) is 9.88 Å². The van der Waals surface area contributed by atoms with E-state index in [1.807, 2.05) is 13.8 Å². The zero-order valence-electron chi connectivity index (χ0n) is 20.7. The molecule has 3 aromatic rings. The molecule has 3 N–H and O–H groups in total. The van der Waals surface area contributed by atoms with Crippen LogP contribution in [0.5, 0.6) is 11.6 Å². The number of anilines is 1. The number of rotatable bonds is 7. The van der Waals surface area contributed by atoms with E-state index in [-0.39, 0.29) is 10.9 Å². The molecule has 1 aliphatic rings. The molecule has 1 saturated heterocycles. The Bertz CT molecular complexity index is 1460. The van der Waals surface area contributed by atoms with Gasteiger partial charge >= 0.3 is 0 Å². The average Bonchev–Trinajstić information content (AvgIpc) is 2.87. The number of sulfonamides is 1. The van der Waals surface area contributed by atoms with Gasteiger partial charge in [-0.2, -0.15) is 15.5 Å². The van der Waals surface area contributed by atoms with E-state index in [0.717, 1.165) is 42.6 Å². The fraction of sp³-hybridized carbons (Fsp3) is 0.296. The number of ether oxygens (including phenoxy) is 1. The Balaban J connectivity index is 1.39. The third kappa shape index (κ3) is 6.43. The standard InChI is InChI=1S/C27H28N6O3S/c1-18-13-21(15-28)14-19(2)26(18)36-25-8-5-22(16-29)27(32-25)31-23-9-11-33(12-10-23)17-20-3-6-24(7-4-20)37(30,34)35/h3-8,13-14,23H,9-12,17H2,1-2H3,(H,31,32)(H2,30,34,35). The third-order valence-corrected chi connectivity index (χ3v) is 7.30. The molecule has 1 fully saturated rings. The molecule has 2 heterocycles. The molecule has 0 unspecified atom stereocenters. The molecular formula is C27H28N6O3S. The Morgan fingerprint density at radius 1 is 1.05 bits per heavy atom. The highest BCUT2D eigenvalue weighted by atomic mass is 32.2. The highest BCUT2D eigenvalue weighted by Crippen LogP contribution is 2.30. The lowest BCUT2D eigenvalue weighted by molar-refractivity contribution is 0.211. The number of nitrogens with one attached hydrogen (secondary N) is 1. The first-order chi connectivity index (χ1) is 17.7. The maximum absolute atomic E-state index is 11.4. The number of hydrogen-bond acceptors (Lipinski definition) is 8. The molecule has 4 rings (SSSR count). The maximum atomic E-state index is 11.4. The lowest BCUT2D eigenvalue weighted by Gasteiger charge is -2.32. The fourth-order valence-electron chi connectivity index (χ4n) is 4.45. The summed E-state index contributed by atoms with van der Waals surface area (Å²) in [5.74, 6) is 1.51. The topological polar surface area (TPSA) is 145 Å². The van der Waals surface area contributed by atoms with Crippen molar-refractivity contribution < 1.29 is 13.2 Å². The monoisotopic (exact) mass is 516 g/mol. The number of aromatic nitrogens is 1. The zero-order valence-corrected chi connectivity index (χ0v) is 21.5. The summed E-state index contributed by atoms with van der Waals surface area (Å²) in [5, 5.41) is 27.4. The molecule has 190 valence electrons. The molecule has 10 heteroatoms. The van der Waals surface area contributed by atoms with Crippen molar-refractivity contribution in [1.29, 1.82) is 10.5 Å². The van der Waals surface area contributed by atoms with Crippen molar-refractivity contribution in [3.8, 4) is 23.8 Å². The Hall–Kier alpha value is -3.96. The summed E-state index contributed by atoms with van der Waals surface area (Å²) in [6.45, 7) is 6.17. The minimum Gasteiger partial charge on any atom is -0.438 e. The number of hydrogen-bond donors (Lipinski definition) is 2. The van der Waals surface area contributed by atoms with Crippen LogP contribution in [0, 0.1) is 36.5 Å². The van der Waals surface area contributed by atoms with Gasteiger partial charge < -0.3 is 10.1 Å². The zero-order chi connectivity index (χ0) is 26.6. The number of likely N-dealkylation sites (tertiary alicyclic amines) is 1. The van der Waals surface area contributed by atoms with Gasteiger partial charge in [-0.25, -0.2) is 13.6 Å². The first kappa shape index (κ1) is 26.1. The van der Waals surface area contributed by atoms with E-state index >= 15 is 0 Å². The van der Waals surface area contributed by atoms with Gasteiger partial charge in [0.25, 0.3) is 0 Å². The van der Waals surface area contributed by atoms with E-state index in [2.05, 4.69) is 27.3 Å². The minimum atomic E-state index is -3.70. The predicted molar refractivity (Wildman–Crippen MR) is 139 cm³/mol. The van der Waals surface area contributed by atoms with E-state index in [0.29, 0.717) is 35.1 Å². The number of nitrogens with zero attached hydrogens (tertiary/aromatic N) is 4. The summed E-state index contributed by atoms with van der Waals surface area (Å²) < 4.78 is 29.0. The highest BCUT2D eigenvalue weighted by molar-refractivity contribution is 7.89. The van der Waals surface area contributed by atoms with Gasteiger partial charge in [-0.05, 0) is 73.7 Å². The molecule has 37 heavy (non-hydrogen) atoms. The number of benzene rings is 2. The molecule has 0 spiro atoms. The van der Waals surface area contributed by atoms with Crippen LogP contribution < -0.4 is 15.2 Å². The normalized spacial score (nSPS) is 14.5. The summed E-state index contributed by atoms with van der Waals surface area (Å²) in [6.07, 6.45) is 1.72. The van der Waals surface area contributed by atoms with Crippen molar-refractivity contribution in [2.24, 2.45) is 5.14 Å². The van der Waals surface area contributed by atoms with Crippen molar-refractivity contribution in [2.45, 2.75) is 44.2 Å². The lowest BCUT2D eigenvalue weighted by Crippen LogP contribution is -2.38. The van der Waals surface area contributed by atoms with Crippen molar-refractivity contribution in [3.63, 3.8) is 0 Å². The quantitative estimate of drug-likeness (QED) is 0.480. The van der Waals surface area contributed by atoms with E-state index in [1.165, 1.54) is 12.1 Å². The van der Waals surface area contributed by atoms with Gasteiger partial charge in [0.2, 0.25) is 15.9 Å². The number of primary sulfonamides is 1. The Morgan fingerprint density at radius 2 is 1.70 bits per heavy atom. The second-order valence-electron chi connectivity index (χ2n) is 9.19. The first-order valence-corrected chi connectivity index (χ1v) is 13.4. The van der Waals surface area contributed by atoms with Gasteiger partial charge in [-0.3, -0.25) is 4.90 Å². The Kier molecular flexibility index (Phi) is 7.74. The summed E-state index contributed by atoms with van der Waals surface area (Å²) >= 11 is 0. The molecule has 0 atom stereocenters. The number of piperidine rings is 1. The number of pyridine rings is 1. The molecule has 0 aliphatic carbocycles. The summed E-state index contributed by atoms with van der Waals surface area (Å²) in [7, 11) is -3.70. The molecule has 0 bridgehead atoms.